The monoisotopic (exact) mass is 1590 g/mol. The fraction of sp³-hybridized carbons (Fsp3) is 0.506. The summed E-state index contributed by atoms with van der Waals surface area (Å²) in [6.45, 7) is 17.1. The Kier molecular flexibility index (Phi) is 34.2. The second-order valence-electron chi connectivity index (χ2n) is 29.6. The molecular weight excluding hydrogens is 1480 g/mol. The summed E-state index contributed by atoms with van der Waals surface area (Å²) in [5.41, 5.74) is 7.83. The number of urea groups is 3. The van der Waals surface area contributed by atoms with Gasteiger partial charge in [-0.25, -0.2) is 14.4 Å². The summed E-state index contributed by atoms with van der Waals surface area (Å²) in [6, 6.07) is 49.4. The number of aryl methyl sites for hydroxylation is 5. The van der Waals surface area contributed by atoms with E-state index in [9.17, 15) is 37.1 Å². The smallest absolute Gasteiger partial charge is 0.337 e. The van der Waals surface area contributed by atoms with Crippen LogP contribution in [0.5, 0.6) is 0 Å². The zero-order chi connectivity index (χ0) is 74.0. The van der Waals surface area contributed by atoms with Crippen LogP contribution < -0.4 is 5.32 Å². The van der Waals surface area contributed by atoms with Crippen molar-refractivity contribution < 1.29 is 37.1 Å². The number of carbonyl (C=O) groups excluding carboxylic acids is 5. The Labute approximate surface area is 664 Å². The number of benzene rings is 6. The van der Waals surface area contributed by atoms with Crippen LogP contribution in [0.2, 0.25) is 0 Å². The highest BCUT2D eigenvalue weighted by atomic mass is 79.9. The summed E-state index contributed by atoms with van der Waals surface area (Å²) in [7, 11) is 11.4. The number of likely N-dealkylation sites (tertiary alicyclic amines) is 6. The predicted octanol–water partition coefficient (Wildman–Crippen LogP) is 13.6. The molecule has 584 valence electrons. The van der Waals surface area contributed by atoms with Crippen molar-refractivity contribution in [3.05, 3.63) is 201 Å². The number of halogens is 4. The summed E-state index contributed by atoms with van der Waals surface area (Å²) in [6.07, 6.45) is 7.99. The third-order valence-electron chi connectivity index (χ3n) is 22.5. The molecule has 0 bridgehead atoms. The topological polar surface area (TPSA) is 133 Å². The normalized spacial score (nSPS) is 20.0. The number of likely N-dealkylation sites (N-methyl/N-ethyl adjacent to an activating group) is 6. The first kappa shape index (κ1) is 87.5. The van der Waals surface area contributed by atoms with Crippen molar-refractivity contribution in [3.8, 4) is 11.1 Å². The number of nitrogens with zero attached hydrogens (tertiary/aromatic N) is 11. The third kappa shape index (κ3) is 24.1. The molecule has 107 heavy (non-hydrogen) atoms. The molecule has 6 aliphatic heterocycles. The predicted molar refractivity (Wildman–Crippen MR) is 443 cm³/mol. The molecule has 17 nitrogen and oxygen atoms in total. The first-order valence-electron chi connectivity index (χ1n) is 37.6. The Morgan fingerprint density at radius 1 is 0.421 bits per heavy atom. The van der Waals surface area contributed by atoms with Gasteiger partial charge >= 0.3 is 24.3 Å². The summed E-state index contributed by atoms with van der Waals surface area (Å²) in [4.78, 5) is 88.5. The molecule has 1 N–H and O–H groups in total. The molecule has 6 unspecified atom stereocenters. The molecule has 6 aromatic carbocycles. The van der Waals surface area contributed by atoms with E-state index in [1.54, 1.807) is 24.1 Å². The number of alkyl halides is 3. The number of carbonyl (C=O) groups is 5. The zero-order valence-electron chi connectivity index (χ0n) is 64.0. The van der Waals surface area contributed by atoms with Crippen LogP contribution in [0.4, 0.5) is 27.6 Å². The maximum atomic E-state index is 13.5. The Balaban J connectivity index is 0.000000229. The largest absolute Gasteiger partial charge is 0.416 e. The van der Waals surface area contributed by atoms with E-state index in [0.717, 1.165) is 175 Å². The average Bonchev–Trinajstić information content (AvgIpc) is 1.79. The molecule has 0 saturated carbocycles. The van der Waals surface area contributed by atoms with E-state index in [1.807, 2.05) is 114 Å². The highest BCUT2D eigenvalue weighted by Gasteiger charge is 2.39. The fourth-order valence-corrected chi connectivity index (χ4v) is 16.2. The molecule has 6 fully saturated rings. The lowest BCUT2D eigenvalue weighted by Crippen LogP contribution is -2.47. The second-order valence-corrected chi connectivity index (χ2v) is 30.5. The van der Waals surface area contributed by atoms with Crippen molar-refractivity contribution >= 4 is 86.3 Å². The van der Waals surface area contributed by atoms with E-state index in [1.165, 1.54) is 35.2 Å². The Morgan fingerprint density at radius 3 is 1.11 bits per heavy atom. The fourth-order valence-electron chi connectivity index (χ4n) is 15.7. The van der Waals surface area contributed by atoms with Crippen molar-refractivity contribution in [1.29, 1.82) is 0 Å². The molecule has 12 rings (SSSR count). The van der Waals surface area contributed by atoms with Gasteiger partial charge in [0.2, 0.25) is 0 Å². The van der Waals surface area contributed by atoms with Crippen molar-refractivity contribution in [2.45, 2.75) is 133 Å². The van der Waals surface area contributed by atoms with E-state index in [4.69, 9.17) is 0 Å². The van der Waals surface area contributed by atoms with Crippen molar-refractivity contribution in [3.63, 3.8) is 0 Å². The molecule has 0 aliphatic carbocycles. The van der Waals surface area contributed by atoms with E-state index in [2.05, 4.69) is 121 Å². The number of rotatable bonds is 21. The van der Waals surface area contributed by atoms with Gasteiger partial charge in [-0.1, -0.05) is 131 Å². The maximum Gasteiger partial charge on any atom is 0.416 e. The lowest BCUT2D eigenvalue weighted by Gasteiger charge is -2.30. The average molecular weight is 1600 g/mol. The number of amides is 8. The van der Waals surface area contributed by atoms with Gasteiger partial charge in [-0.3, -0.25) is 9.59 Å². The van der Waals surface area contributed by atoms with Crippen LogP contribution >= 0.6 is 56.4 Å². The van der Waals surface area contributed by atoms with E-state index < -0.39 is 11.7 Å². The van der Waals surface area contributed by atoms with Crippen LogP contribution in [0.25, 0.3) is 11.1 Å². The number of nitrogens with one attached hydrogen (secondary N) is 1. The quantitative estimate of drug-likeness (QED) is 0.0748. The Hall–Kier alpha value is -6.77. The number of hydrogen-bond acceptors (Lipinski definition) is 9. The van der Waals surface area contributed by atoms with Crippen molar-refractivity contribution in [2.24, 2.45) is 0 Å². The minimum atomic E-state index is -4.38. The minimum Gasteiger partial charge on any atom is -0.337 e. The molecule has 0 radical (unpaired) electrons. The van der Waals surface area contributed by atoms with Gasteiger partial charge in [0.1, 0.15) is 0 Å². The van der Waals surface area contributed by atoms with Gasteiger partial charge in [0.15, 0.2) is 0 Å². The highest BCUT2D eigenvalue weighted by Crippen LogP contribution is 2.33. The van der Waals surface area contributed by atoms with Crippen molar-refractivity contribution in [1.82, 2.24) is 59.2 Å². The van der Waals surface area contributed by atoms with Gasteiger partial charge < -0.3 is 59.2 Å². The summed E-state index contributed by atoms with van der Waals surface area (Å²) in [5.74, 6) is -0.111. The van der Waals surface area contributed by atoms with Gasteiger partial charge in [0.25, 0.3) is 11.8 Å². The van der Waals surface area contributed by atoms with Gasteiger partial charge in [-0.05, 0) is 193 Å². The first-order valence-corrected chi connectivity index (χ1v) is 38.4. The van der Waals surface area contributed by atoms with Crippen molar-refractivity contribution in [2.75, 3.05) is 140 Å². The standard InChI is InChI=1S/C35H41F3N4O2.C28H37BrN4O2.C20H32N4O.3H2S/c1-25-22-28(27-11-14-29(15-12-27)35(36,37)38)13-16-32(25)33(43)39(2)31-18-21-42(24-31)34(44)40(3)30-17-20-41(23-30)19-7-10-26-8-5-4-6-9-26;1-21-18-23(29)11-12-26(21)27(34)30(2)25-14-17-33(20-25)28(35)31(3)24-13-16-32(19-24)15-7-10-22-8-5-4-6-9-22;1-21-18-10-14-24(15-18)20(25)22(2)19-11-13-23(16-19)12-6-9-17-7-4-3-5-8-17;;;/h4-6,8-9,11-16,22,30-31H,7,10,17-21,23-24H2,1-3H3;4-6,8-9,11-12,18,24-25H,7,10,13-17,19-20H2,1-3H3;3-5,7-8,18-19,21H,6,9-16H2,1-2H3;3*1H2. The molecule has 8 amide bonds. The molecular formula is C83H116BrF3N12O5S3. The molecule has 6 aliphatic rings. The summed E-state index contributed by atoms with van der Waals surface area (Å²) < 4.78 is 39.8. The van der Waals surface area contributed by atoms with E-state index in [0.29, 0.717) is 55.8 Å². The van der Waals surface area contributed by atoms with Gasteiger partial charge in [-0.2, -0.15) is 53.7 Å². The molecule has 0 spiro atoms. The minimum absolute atomic E-state index is 0. The summed E-state index contributed by atoms with van der Waals surface area (Å²) in [5, 5.41) is 3.28. The zero-order valence-corrected chi connectivity index (χ0v) is 68.5. The van der Waals surface area contributed by atoms with Crippen LogP contribution in [0.3, 0.4) is 0 Å². The SMILES string of the molecule is CNC1CCN(C(=O)N(C)C2CCN(CCCc3ccccc3)C2)C1.Cc1cc(-c2ccc(C(F)(F)F)cc2)ccc1C(=O)N(C)C1CCN(C(=O)N(C)C2CCN(CCCc3ccccc3)C2)C1.Cc1cc(Br)ccc1C(=O)N(C)C1CCN(C(=O)N(C)C2CCN(CCCc3ccccc3)C2)C1.S.S.S. The van der Waals surface area contributed by atoms with Crippen LogP contribution in [0.1, 0.15) is 112 Å². The molecule has 24 heteroatoms. The molecule has 6 saturated heterocycles. The Morgan fingerprint density at radius 2 is 0.757 bits per heavy atom. The lowest BCUT2D eigenvalue weighted by molar-refractivity contribution is -0.137. The second kappa shape index (κ2) is 41.9. The summed E-state index contributed by atoms with van der Waals surface area (Å²) >= 11 is 3.46. The lowest BCUT2D eigenvalue weighted by atomic mass is 9.98. The van der Waals surface area contributed by atoms with E-state index in [-0.39, 0.29) is 94.6 Å². The number of hydrogen-bond donors (Lipinski definition) is 1. The van der Waals surface area contributed by atoms with Gasteiger partial charge in [0, 0.05) is 154 Å². The van der Waals surface area contributed by atoms with E-state index >= 15 is 0 Å². The van der Waals surface area contributed by atoms with Gasteiger partial charge in [-0.15, -0.1) is 0 Å². The maximum absolute atomic E-state index is 13.5. The van der Waals surface area contributed by atoms with Crippen LogP contribution in [0.15, 0.2) is 156 Å². The molecule has 6 aromatic rings. The molecule has 6 heterocycles. The Bertz CT molecular complexity index is 3790. The first-order chi connectivity index (χ1) is 50.0. The van der Waals surface area contributed by atoms with Crippen LogP contribution in [-0.4, -0.2) is 261 Å². The van der Waals surface area contributed by atoms with Crippen LogP contribution in [-0.2, 0) is 25.4 Å². The highest BCUT2D eigenvalue weighted by molar-refractivity contribution is 9.10. The molecule has 6 atom stereocenters. The van der Waals surface area contributed by atoms with Crippen LogP contribution in [0, 0.1) is 13.8 Å². The third-order valence-corrected chi connectivity index (χ3v) is 23.0. The molecule has 0 aromatic heterocycles. The van der Waals surface area contributed by atoms with Gasteiger partial charge in [0.05, 0.1) is 17.6 Å².